The van der Waals surface area contributed by atoms with Crippen LogP contribution in [0.25, 0.3) is 0 Å². The molecule has 0 atom stereocenters. The molecule has 1 saturated heterocycles. The Morgan fingerprint density at radius 3 is 2.95 bits per heavy atom. The first-order valence-electron chi connectivity index (χ1n) is 6.94. The third-order valence-corrected chi connectivity index (χ3v) is 3.25. The Kier molecular flexibility index (Phi) is 5.54. The summed E-state index contributed by atoms with van der Waals surface area (Å²) in [7, 11) is 0. The molecule has 1 fully saturated rings. The van der Waals surface area contributed by atoms with Crippen LogP contribution in [0.4, 0.5) is 0 Å². The number of likely N-dealkylation sites (tertiary alicyclic amines) is 1. The quantitative estimate of drug-likeness (QED) is 0.769. The normalized spacial score (nSPS) is 14.7. The number of carbonyl (C=O) groups is 1. The van der Waals surface area contributed by atoms with Gasteiger partial charge in [-0.2, -0.15) is 0 Å². The lowest BCUT2D eigenvalue weighted by Gasteiger charge is -2.14. The maximum absolute atomic E-state index is 12.0. The monoisotopic (exact) mass is 272 g/mol. The average Bonchev–Trinajstić information content (AvgIpc) is 2.98. The van der Waals surface area contributed by atoms with Crippen molar-refractivity contribution in [1.82, 2.24) is 15.2 Å². The van der Waals surface area contributed by atoms with E-state index >= 15 is 0 Å². The molecule has 0 aromatic carbocycles. The molecule has 106 valence electrons. The lowest BCUT2D eigenvalue weighted by atomic mass is 10.2. The summed E-state index contributed by atoms with van der Waals surface area (Å²) < 4.78 is 0. The van der Waals surface area contributed by atoms with Crippen LogP contribution in [0.1, 0.15) is 28.8 Å². The lowest BCUT2D eigenvalue weighted by Crippen LogP contribution is -2.33. The molecule has 20 heavy (non-hydrogen) atoms. The number of nitrogens with two attached hydrogens (primary N) is 1. The molecular weight excluding hydrogens is 252 g/mol. The molecule has 1 amide bonds. The third kappa shape index (κ3) is 4.34. The zero-order valence-corrected chi connectivity index (χ0v) is 11.6. The van der Waals surface area contributed by atoms with Crippen molar-refractivity contribution in [2.75, 3.05) is 32.7 Å². The summed E-state index contributed by atoms with van der Waals surface area (Å²) in [5, 5.41) is 2.92. The van der Waals surface area contributed by atoms with Crippen molar-refractivity contribution in [3.8, 4) is 11.8 Å². The summed E-state index contributed by atoms with van der Waals surface area (Å²) in [4.78, 5) is 18.4. The summed E-state index contributed by atoms with van der Waals surface area (Å²) in [6.07, 6.45) is 5.71. The van der Waals surface area contributed by atoms with E-state index in [1.165, 1.54) is 12.8 Å². The molecule has 0 saturated carbocycles. The van der Waals surface area contributed by atoms with Crippen molar-refractivity contribution >= 4 is 5.91 Å². The SMILES string of the molecule is NCC#Cc1cncc(C(=O)NCCN2CCCC2)c1. The van der Waals surface area contributed by atoms with Gasteiger partial charge in [-0.25, -0.2) is 0 Å². The first-order valence-corrected chi connectivity index (χ1v) is 6.94. The highest BCUT2D eigenvalue weighted by atomic mass is 16.1. The van der Waals surface area contributed by atoms with Gasteiger partial charge in [0.1, 0.15) is 0 Å². The van der Waals surface area contributed by atoms with Gasteiger partial charge < -0.3 is 16.0 Å². The molecule has 0 radical (unpaired) electrons. The van der Waals surface area contributed by atoms with E-state index in [1.54, 1.807) is 18.5 Å². The Hall–Kier alpha value is -1.90. The predicted molar refractivity (Wildman–Crippen MR) is 78.2 cm³/mol. The zero-order valence-electron chi connectivity index (χ0n) is 11.6. The minimum absolute atomic E-state index is 0.104. The number of rotatable bonds is 4. The molecule has 0 spiro atoms. The summed E-state index contributed by atoms with van der Waals surface area (Å²) in [6.45, 7) is 4.15. The molecule has 1 aromatic heterocycles. The van der Waals surface area contributed by atoms with Crippen LogP contribution in [0.3, 0.4) is 0 Å². The average molecular weight is 272 g/mol. The summed E-state index contributed by atoms with van der Waals surface area (Å²) in [5.74, 6) is 5.52. The minimum atomic E-state index is -0.104. The van der Waals surface area contributed by atoms with Gasteiger partial charge in [0.2, 0.25) is 0 Å². The van der Waals surface area contributed by atoms with Gasteiger partial charge in [-0.05, 0) is 32.0 Å². The third-order valence-electron chi connectivity index (χ3n) is 3.25. The van der Waals surface area contributed by atoms with E-state index in [0.717, 1.165) is 19.6 Å². The Bertz CT molecular complexity index is 512. The van der Waals surface area contributed by atoms with Crippen molar-refractivity contribution in [2.45, 2.75) is 12.8 Å². The van der Waals surface area contributed by atoms with E-state index in [4.69, 9.17) is 5.73 Å². The van der Waals surface area contributed by atoms with E-state index in [2.05, 4.69) is 27.0 Å². The number of pyridine rings is 1. The van der Waals surface area contributed by atoms with Crippen LogP contribution in [-0.2, 0) is 0 Å². The molecule has 0 bridgehead atoms. The lowest BCUT2D eigenvalue weighted by molar-refractivity contribution is 0.0949. The van der Waals surface area contributed by atoms with Gasteiger partial charge in [-0.1, -0.05) is 11.8 Å². The molecule has 1 aromatic rings. The van der Waals surface area contributed by atoms with Crippen LogP contribution in [0.15, 0.2) is 18.5 Å². The van der Waals surface area contributed by atoms with Crippen molar-refractivity contribution in [3.05, 3.63) is 29.6 Å². The molecule has 1 aliphatic heterocycles. The van der Waals surface area contributed by atoms with Gasteiger partial charge in [0.05, 0.1) is 12.1 Å². The van der Waals surface area contributed by atoms with E-state index in [0.29, 0.717) is 24.2 Å². The molecule has 0 aliphatic carbocycles. The van der Waals surface area contributed by atoms with Gasteiger partial charge in [-0.15, -0.1) is 0 Å². The summed E-state index contributed by atoms with van der Waals surface area (Å²) in [6, 6.07) is 1.74. The standard InChI is InChI=1S/C15H20N4O/c16-5-3-4-13-10-14(12-17-11-13)15(20)18-6-9-19-7-1-2-8-19/h10-12H,1-2,5-9,16H2,(H,18,20). The van der Waals surface area contributed by atoms with Crippen LogP contribution in [-0.4, -0.2) is 48.5 Å². The Morgan fingerprint density at radius 1 is 1.40 bits per heavy atom. The largest absolute Gasteiger partial charge is 0.351 e. The van der Waals surface area contributed by atoms with Gasteiger partial charge >= 0.3 is 0 Å². The Morgan fingerprint density at radius 2 is 2.20 bits per heavy atom. The van der Waals surface area contributed by atoms with Crippen LogP contribution in [0, 0.1) is 11.8 Å². The van der Waals surface area contributed by atoms with E-state index < -0.39 is 0 Å². The second-order valence-electron chi connectivity index (χ2n) is 4.77. The van der Waals surface area contributed by atoms with Gasteiger partial charge in [0.15, 0.2) is 0 Å². The number of amides is 1. The number of aromatic nitrogens is 1. The van der Waals surface area contributed by atoms with E-state index in [-0.39, 0.29) is 5.91 Å². The fraction of sp³-hybridized carbons (Fsp3) is 0.467. The zero-order chi connectivity index (χ0) is 14.2. The van der Waals surface area contributed by atoms with Crippen LogP contribution >= 0.6 is 0 Å². The molecule has 3 N–H and O–H groups in total. The topological polar surface area (TPSA) is 71.2 Å². The van der Waals surface area contributed by atoms with Gasteiger partial charge in [-0.3, -0.25) is 9.78 Å². The molecule has 5 nitrogen and oxygen atoms in total. The molecule has 5 heteroatoms. The smallest absolute Gasteiger partial charge is 0.252 e. The Labute approximate surface area is 119 Å². The minimum Gasteiger partial charge on any atom is -0.351 e. The molecule has 0 unspecified atom stereocenters. The maximum atomic E-state index is 12.0. The fourth-order valence-corrected chi connectivity index (χ4v) is 2.22. The number of carbonyl (C=O) groups excluding carboxylic acids is 1. The maximum Gasteiger partial charge on any atom is 0.252 e. The predicted octanol–water partition coefficient (Wildman–Crippen LogP) is 0.217. The fourth-order valence-electron chi connectivity index (χ4n) is 2.22. The molecule has 1 aliphatic rings. The van der Waals surface area contributed by atoms with Crippen molar-refractivity contribution in [3.63, 3.8) is 0 Å². The van der Waals surface area contributed by atoms with Crippen molar-refractivity contribution in [1.29, 1.82) is 0 Å². The summed E-state index contributed by atoms with van der Waals surface area (Å²) in [5.41, 5.74) is 6.57. The molecule has 2 heterocycles. The Balaban J connectivity index is 1.85. The first kappa shape index (κ1) is 14.5. The van der Waals surface area contributed by atoms with E-state index in [1.807, 2.05) is 0 Å². The number of hydrogen-bond acceptors (Lipinski definition) is 4. The van der Waals surface area contributed by atoms with Crippen LogP contribution in [0.2, 0.25) is 0 Å². The highest BCUT2D eigenvalue weighted by molar-refractivity contribution is 5.94. The second-order valence-corrected chi connectivity index (χ2v) is 4.77. The second kappa shape index (κ2) is 7.63. The van der Waals surface area contributed by atoms with Crippen LogP contribution < -0.4 is 11.1 Å². The number of nitrogens with one attached hydrogen (secondary N) is 1. The number of hydrogen-bond donors (Lipinski definition) is 2. The summed E-state index contributed by atoms with van der Waals surface area (Å²) >= 11 is 0. The number of nitrogens with zero attached hydrogens (tertiary/aromatic N) is 2. The first-order chi connectivity index (χ1) is 9.79. The van der Waals surface area contributed by atoms with Crippen molar-refractivity contribution < 1.29 is 4.79 Å². The highest BCUT2D eigenvalue weighted by Crippen LogP contribution is 2.06. The molecular formula is C15H20N4O. The highest BCUT2D eigenvalue weighted by Gasteiger charge is 2.11. The van der Waals surface area contributed by atoms with E-state index in [9.17, 15) is 4.79 Å². The molecule has 2 rings (SSSR count). The van der Waals surface area contributed by atoms with Gasteiger partial charge in [0, 0.05) is 31.0 Å². The van der Waals surface area contributed by atoms with Gasteiger partial charge in [0.25, 0.3) is 5.91 Å². The van der Waals surface area contributed by atoms with Crippen molar-refractivity contribution in [2.24, 2.45) is 5.73 Å². The van der Waals surface area contributed by atoms with Crippen LogP contribution in [0.5, 0.6) is 0 Å².